The molecule has 0 unspecified atom stereocenters. The summed E-state index contributed by atoms with van der Waals surface area (Å²) in [4.78, 5) is 17.8. The SMILES string of the molecule is Cn1c(CN2CCCC2)nnc1[C@@H]1CCCN(C(=O)C2(C)CCNCC2)C1. The van der Waals surface area contributed by atoms with Gasteiger partial charge in [-0.25, -0.2) is 0 Å². The molecule has 0 saturated carbocycles. The highest BCUT2D eigenvalue weighted by Crippen LogP contribution is 2.34. The van der Waals surface area contributed by atoms with Gasteiger partial charge >= 0.3 is 0 Å². The fourth-order valence-electron chi connectivity index (χ4n) is 4.96. The molecule has 1 amide bonds. The van der Waals surface area contributed by atoms with Gasteiger partial charge in [0.15, 0.2) is 0 Å². The maximum atomic E-state index is 13.2. The minimum atomic E-state index is -0.200. The standard InChI is InChI=1S/C20H34N6O/c1-20(7-9-21-10-8-20)19(27)26-13-5-6-16(14-26)18-23-22-17(24(18)2)15-25-11-3-4-12-25/h16,21H,3-15H2,1-2H3/t16-/m1/s1. The second-order valence-corrected chi connectivity index (χ2v) is 8.92. The quantitative estimate of drug-likeness (QED) is 0.865. The van der Waals surface area contributed by atoms with Crippen molar-refractivity contribution in [2.45, 2.75) is 57.9 Å². The van der Waals surface area contributed by atoms with Crippen LogP contribution in [0.25, 0.3) is 0 Å². The molecular formula is C20H34N6O. The van der Waals surface area contributed by atoms with Gasteiger partial charge in [0, 0.05) is 31.5 Å². The van der Waals surface area contributed by atoms with Crippen LogP contribution >= 0.6 is 0 Å². The van der Waals surface area contributed by atoms with Gasteiger partial charge in [-0.3, -0.25) is 9.69 Å². The summed E-state index contributed by atoms with van der Waals surface area (Å²) in [6.07, 6.45) is 6.61. The Hall–Kier alpha value is -1.47. The third-order valence-corrected chi connectivity index (χ3v) is 6.86. The Morgan fingerprint density at radius 3 is 2.63 bits per heavy atom. The first-order valence-electron chi connectivity index (χ1n) is 10.7. The van der Waals surface area contributed by atoms with E-state index in [0.717, 1.165) is 70.1 Å². The predicted octanol–water partition coefficient (Wildman–Crippen LogP) is 1.51. The van der Waals surface area contributed by atoms with E-state index in [1.807, 2.05) is 0 Å². The van der Waals surface area contributed by atoms with Crippen LogP contribution in [0.1, 0.15) is 63.0 Å². The molecular weight excluding hydrogens is 340 g/mol. The maximum Gasteiger partial charge on any atom is 0.228 e. The van der Waals surface area contributed by atoms with Crippen LogP contribution in [0.3, 0.4) is 0 Å². The largest absolute Gasteiger partial charge is 0.341 e. The molecule has 4 rings (SSSR count). The lowest BCUT2D eigenvalue weighted by Crippen LogP contribution is -2.50. The Morgan fingerprint density at radius 1 is 1.15 bits per heavy atom. The maximum absolute atomic E-state index is 13.2. The molecule has 3 fully saturated rings. The summed E-state index contributed by atoms with van der Waals surface area (Å²) in [5.41, 5.74) is -0.200. The lowest BCUT2D eigenvalue weighted by Gasteiger charge is -2.40. The second-order valence-electron chi connectivity index (χ2n) is 8.92. The van der Waals surface area contributed by atoms with E-state index in [4.69, 9.17) is 0 Å². The molecule has 3 saturated heterocycles. The summed E-state index contributed by atoms with van der Waals surface area (Å²) >= 11 is 0. The monoisotopic (exact) mass is 374 g/mol. The summed E-state index contributed by atoms with van der Waals surface area (Å²) in [5.74, 6) is 2.75. The summed E-state index contributed by atoms with van der Waals surface area (Å²) < 4.78 is 2.18. The average Bonchev–Trinajstić information content (AvgIpc) is 3.33. The molecule has 3 aliphatic rings. The smallest absolute Gasteiger partial charge is 0.228 e. The Bertz CT molecular complexity index is 659. The predicted molar refractivity (Wildman–Crippen MR) is 104 cm³/mol. The normalized spacial score (nSPS) is 26.4. The molecule has 3 aliphatic heterocycles. The molecule has 1 aromatic heterocycles. The lowest BCUT2D eigenvalue weighted by atomic mass is 9.79. The first-order valence-corrected chi connectivity index (χ1v) is 10.7. The van der Waals surface area contributed by atoms with Crippen molar-refractivity contribution < 1.29 is 4.79 Å². The fourth-order valence-corrected chi connectivity index (χ4v) is 4.96. The highest BCUT2D eigenvalue weighted by atomic mass is 16.2. The average molecular weight is 375 g/mol. The van der Waals surface area contributed by atoms with Crippen LogP contribution in [0.2, 0.25) is 0 Å². The lowest BCUT2D eigenvalue weighted by molar-refractivity contribution is -0.144. The van der Waals surface area contributed by atoms with E-state index in [-0.39, 0.29) is 5.41 Å². The molecule has 7 nitrogen and oxygen atoms in total. The van der Waals surface area contributed by atoms with Crippen LogP contribution in [0, 0.1) is 5.41 Å². The molecule has 0 spiro atoms. The molecule has 4 heterocycles. The van der Waals surface area contributed by atoms with E-state index in [9.17, 15) is 4.79 Å². The van der Waals surface area contributed by atoms with Crippen LogP contribution in [-0.2, 0) is 18.4 Å². The number of hydrogen-bond donors (Lipinski definition) is 1. The van der Waals surface area contributed by atoms with Gasteiger partial charge in [-0.1, -0.05) is 6.92 Å². The van der Waals surface area contributed by atoms with Gasteiger partial charge in [-0.15, -0.1) is 10.2 Å². The van der Waals surface area contributed by atoms with Crippen LogP contribution in [0.5, 0.6) is 0 Å². The van der Waals surface area contributed by atoms with E-state index in [1.165, 1.54) is 25.9 Å². The van der Waals surface area contributed by atoms with Gasteiger partial charge in [0.05, 0.1) is 6.54 Å². The number of hydrogen-bond acceptors (Lipinski definition) is 5. The van der Waals surface area contributed by atoms with Crippen molar-refractivity contribution >= 4 is 5.91 Å². The number of carbonyl (C=O) groups excluding carboxylic acids is 1. The summed E-state index contributed by atoms with van der Waals surface area (Å²) in [7, 11) is 2.09. The molecule has 0 bridgehead atoms. The molecule has 0 aromatic carbocycles. The zero-order valence-corrected chi connectivity index (χ0v) is 16.9. The van der Waals surface area contributed by atoms with E-state index < -0.39 is 0 Å². The Kier molecular flexibility index (Phi) is 5.50. The number of carbonyl (C=O) groups is 1. The van der Waals surface area contributed by atoms with E-state index >= 15 is 0 Å². The van der Waals surface area contributed by atoms with Crippen LogP contribution < -0.4 is 5.32 Å². The highest BCUT2D eigenvalue weighted by Gasteiger charge is 2.39. The van der Waals surface area contributed by atoms with Crippen molar-refractivity contribution in [3.8, 4) is 0 Å². The summed E-state index contributed by atoms with van der Waals surface area (Å²) in [5, 5.41) is 12.4. The third kappa shape index (κ3) is 3.90. The van der Waals surface area contributed by atoms with Crippen molar-refractivity contribution in [3.05, 3.63) is 11.6 Å². The van der Waals surface area contributed by atoms with Gasteiger partial charge in [0.2, 0.25) is 5.91 Å². The van der Waals surface area contributed by atoms with Crippen molar-refractivity contribution in [2.75, 3.05) is 39.3 Å². The zero-order chi connectivity index (χ0) is 18.9. The highest BCUT2D eigenvalue weighted by molar-refractivity contribution is 5.82. The van der Waals surface area contributed by atoms with E-state index in [0.29, 0.717) is 11.8 Å². The molecule has 1 aromatic rings. The fraction of sp³-hybridized carbons (Fsp3) is 0.850. The molecule has 27 heavy (non-hydrogen) atoms. The van der Waals surface area contributed by atoms with Gasteiger partial charge in [-0.2, -0.15) is 0 Å². The molecule has 1 N–H and O–H groups in total. The topological polar surface area (TPSA) is 66.3 Å². The first-order chi connectivity index (χ1) is 13.1. The van der Waals surface area contributed by atoms with Crippen molar-refractivity contribution in [1.29, 1.82) is 0 Å². The number of aromatic nitrogens is 3. The summed E-state index contributed by atoms with van der Waals surface area (Å²) in [6.45, 7) is 8.95. The Balaban J connectivity index is 1.43. The van der Waals surface area contributed by atoms with Crippen LogP contribution in [0.15, 0.2) is 0 Å². The van der Waals surface area contributed by atoms with Gasteiger partial charge in [0.25, 0.3) is 0 Å². The third-order valence-electron chi connectivity index (χ3n) is 6.86. The van der Waals surface area contributed by atoms with Crippen molar-refractivity contribution in [2.24, 2.45) is 12.5 Å². The van der Waals surface area contributed by atoms with Gasteiger partial charge in [0.1, 0.15) is 11.6 Å². The Morgan fingerprint density at radius 2 is 1.89 bits per heavy atom. The van der Waals surface area contributed by atoms with E-state index in [1.54, 1.807) is 0 Å². The van der Waals surface area contributed by atoms with Crippen molar-refractivity contribution in [3.63, 3.8) is 0 Å². The number of likely N-dealkylation sites (tertiary alicyclic amines) is 2. The van der Waals surface area contributed by atoms with Crippen molar-refractivity contribution in [1.82, 2.24) is 29.9 Å². The molecule has 7 heteroatoms. The zero-order valence-electron chi connectivity index (χ0n) is 16.9. The van der Waals surface area contributed by atoms with Gasteiger partial charge < -0.3 is 14.8 Å². The molecule has 0 radical (unpaired) electrons. The number of rotatable bonds is 4. The molecule has 0 aliphatic carbocycles. The second kappa shape index (κ2) is 7.87. The van der Waals surface area contributed by atoms with Crippen LogP contribution in [0.4, 0.5) is 0 Å². The summed E-state index contributed by atoms with van der Waals surface area (Å²) in [6, 6.07) is 0. The number of amides is 1. The van der Waals surface area contributed by atoms with Gasteiger partial charge in [-0.05, 0) is 64.7 Å². The number of nitrogens with zero attached hydrogens (tertiary/aromatic N) is 5. The van der Waals surface area contributed by atoms with E-state index in [2.05, 4.69) is 43.9 Å². The molecule has 1 atom stereocenters. The number of nitrogens with one attached hydrogen (secondary N) is 1. The Labute approximate surface area is 162 Å². The number of piperidine rings is 2. The minimum Gasteiger partial charge on any atom is -0.341 e. The minimum absolute atomic E-state index is 0.200. The first kappa shape index (κ1) is 18.9. The van der Waals surface area contributed by atoms with Crippen LogP contribution in [-0.4, -0.2) is 69.7 Å². The molecule has 150 valence electrons.